The number of rotatable bonds is 0. The fraction of sp³-hybridized carbons (Fsp3) is 0. The number of carbonyl (C=O) groups is 4. The summed E-state index contributed by atoms with van der Waals surface area (Å²) in [7, 11) is 0. The molecule has 13 heavy (non-hydrogen) atoms. The molecule has 0 aliphatic rings. The molecule has 0 saturated carbocycles. The van der Waals surface area contributed by atoms with Gasteiger partial charge in [-0.05, 0) is 0 Å². The zero-order chi connectivity index (χ0) is 10.8. The second-order valence-corrected chi connectivity index (χ2v) is 0.422. The van der Waals surface area contributed by atoms with Crippen LogP contribution in [0, 0.1) is 0 Å². The number of hydrogen-bond acceptors (Lipinski definition) is 4. The van der Waals surface area contributed by atoms with E-state index in [0.717, 1.165) is 0 Å². The minimum absolute atomic E-state index is 0. The van der Waals surface area contributed by atoms with Crippen LogP contribution in [-0.2, 0) is 19.2 Å². The Morgan fingerprint density at radius 3 is 0.538 bits per heavy atom. The van der Waals surface area contributed by atoms with Crippen LogP contribution in [0.3, 0.4) is 0 Å². The van der Waals surface area contributed by atoms with Gasteiger partial charge in [-0.2, -0.15) is 0 Å². The van der Waals surface area contributed by atoms with Crippen molar-refractivity contribution in [2.75, 3.05) is 0 Å². The van der Waals surface area contributed by atoms with Gasteiger partial charge >= 0.3 is 0 Å². The van der Waals surface area contributed by atoms with Crippen molar-refractivity contribution < 1.29 is 39.6 Å². The van der Waals surface area contributed by atoms with E-state index < -0.39 is 0 Å². The molecule has 0 rings (SSSR count). The van der Waals surface area contributed by atoms with Crippen molar-refractivity contribution in [2.24, 2.45) is 0 Å². The summed E-state index contributed by atoms with van der Waals surface area (Å²) in [6.45, 7) is -1.00. The molecule has 0 spiro atoms. The van der Waals surface area contributed by atoms with Crippen molar-refractivity contribution in [1.82, 2.24) is 0 Å². The number of carboxylic acid groups (broad SMARTS) is 4. The Morgan fingerprint density at radius 2 is 0.538 bits per heavy atom. The van der Waals surface area contributed by atoms with Crippen LogP contribution >= 0.6 is 0 Å². The molecule has 1 radical (unpaired) electrons. The van der Waals surface area contributed by atoms with Crippen LogP contribution < -0.4 is 0 Å². The zero-order valence-corrected chi connectivity index (χ0v) is 8.73. The summed E-state index contributed by atoms with van der Waals surface area (Å²) in [6.07, 6.45) is 0. The average molecular weight is 207 g/mol. The van der Waals surface area contributed by atoms with Crippen molar-refractivity contribution in [2.45, 2.75) is 0 Å². The van der Waals surface area contributed by atoms with E-state index in [4.69, 9.17) is 39.6 Å². The van der Waals surface area contributed by atoms with Crippen LogP contribution in [0.2, 0.25) is 0 Å². The Balaban J connectivity index is -0.0000000213. The molecule has 0 aromatic heterocycles. The van der Waals surface area contributed by atoms with Gasteiger partial charge in [0.25, 0.3) is 25.9 Å². The second kappa shape index (κ2) is 128. The van der Waals surface area contributed by atoms with Crippen LogP contribution in [0.15, 0.2) is 0 Å². The topological polar surface area (TPSA) is 149 Å². The van der Waals surface area contributed by atoms with Gasteiger partial charge in [0, 0.05) is 29.6 Å². The Morgan fingerprint density at radius 1 is 0.538 bits per heavy atom. The Hall–Kier alpha value is -1.12. The van der Waals surface area contributed by atoms with E-state index in [-0.39, 0.29) is 55.4 Å². The van der Waals surface area contributed by atoms with E-state index in [1.165, 1.54) is 0 Å². The van der Waals surface area contributed by atoms with Crippen molar-refractivity contribution in [3.63, 3.8) is 0 Å². The maximum atomic E-state index is 8.36. The SMILES string of the molecule is O=CO.O=CO.O=CO.O=CO.[Na]. The van der Waals surface area contributed by atoms with Crippen molar-refractivity contribution >= 4 is 55.4 Å². The molecule has 0 aliphatic heterocycles. The van der Waals surface area contributed by atoms with Crippen LogP contribution in [-0.4, -0.2) is 75.9 Å². The molecule has 9 heteroatoms. The maximum Gasteiger partial charge on any atom is 0.290 e. The Kier molecular flexibility index (Phi) is 293. The van der Waals surface area contributed by atoms with Gasteiger partial charge in [-0.1, -0.05) is 0 Å². The van der Waals surface area contributed by atoms with Crippen LogP contribution in [0.5, 0.6) is 0 Å². The molecular weight excluding hydrogens is 199 g/mol. The zero-order valence-electron chi connectivity index (χ0n) is 6.73. The van der Waals surface area contributed by atoms with Gasteiger partial charge in [0.2, 0.25) is 0 Å². The molecule has 73 valence electrons. The quantitative estimate of drug-likeness (QED) is 0.274. The summed E-state index contributed by atoms with van der Waals surface area (Å²) in [6, 6.07) is 0. The molecule has 0 unspecified atom stereocenters. The molecule has 0 atom stereocenters. The average Bonchev–Trinajstić information content (AvgIpc) is 1.92. The largest absolute Gasteiger partial charge is 0.483 e. The molecule has 0 saturated heterocycles. The summed E-state index contributed by atoms with van der Waals surface area (Å²) in [4.78, 5) is 33.4. The van der Waals surface area contributed by atoms with Gasteiger partial charge in [0.1, 0.15) is 0 Å². The van der Waals surface area contributed by atoms with Gasteiger partial charge in [0.05, 0.1) is 0 Å². The molecule has 4 N–H and O–H groups in total. The van der Waals surface area contributed by atoms with Crippen molar-refractivity contribution in [1.29, 1.82) is 0 Å². The fourth-order valence-electron chi connectivity index (χ4n) is 0. The van der Waals surface area contributed by atoms with Gasteiger partial charge in [-0.25, -0.2) is 0 Å². The monoisotopic (exact) mass is 207 g/mol. The molecule has 0 heterocycles. The third-order valence-corrected chi connectivity index (χ3v) is 0. The summed E-state index contributed by atoms with van der Waals surface area (Å²) < 4.78 is 0. The summed E-state index contributed by atoms with van der Waals surface area (Å²) in [5.41, 5.74) is 0. The summed E-state index contributed by atoms with van der Waals surface area (Å²) in [5, 5.41) is 27.6. The Labute approximate surface area is 95.1 Å². The van der Waals surface area contributed by atoms with E-state index in [0.29, 0.717) is 0 Å². The van der Waals surface area contributed by atoms with Crippen LogP contribution in [0.4, 0.5) is 0 Å². The van der Waals surface area contributed by atoms with E-state index in [1.807, 2.05) is 0 Å². The maximum absolute atomic E-state index is 8.36. The predicted molar refractivity (Wildman–Crippen MR) is 40.5 cm³/mol. The number of hydrogen-bond donors (Lipinski definition) is 4. The minimum Gasteiger partial charge on any atom is -0.483 e. The van der Waals surface area contributed by atoms with Crippen LogP contribution in [0.25, 0.3) is 0 Å². The molecular formula is C4H8NaO8. The second-order valence-electron chi connectivity index (χ2n) is 0.422. The third kappa shape index (κ3) is 684. The standard InChI is InChI=1S/4CH2O2.Na/c4*2-1-3;/h4*1H,(H,2,3);. The smallest absolute Gasteiger partial charge is 0.290 e. The predicted octanol–water partition coefficient (Wildman–Crippen LogP) is -1.58. The van der Waals surface area contributed by atoms with Gasteiger partial charge in [-0.15, -0.1) is 0 Å². The van der Waals surface area contributed by atoms with E-state index in [2.05, 4.69) is 0 Å². The molecule has 8 nitrogen and oxygen atoms in total. The van der Waals surface area contributed by atoms with Crippen molar-refractivity contribution in [3.8, 4) is 0 Å². The molecule has 0 fully saturated rings. The van der Waals surface area contributed by atoms with E-state index >= 15 is 0 Å². The van der Waals surface area contributed by atoms with Gasteiger partial charge in [0.15, 0.2) is 0 Å². The third-order valence-electron chi connectivity index (χ3n) is 0. The first-order valence-electron chi connectivity index (χ1n) is 1.98. The first-order valence-corrected chi connectivity index (χ1v) is 1.98. The van der Waals surface area contributed by atoms with Gasteiger partial charge < -0.3 is 20.4 Å². The first-order chi connectivity index (χ1) is 5.66. The van der Waals surface area contributed by atoms with E-state index in [1.54, 1.807) is 0 Å². The molecule has 0 aromatic rings. The first kappa shape index (κ1) is 29.7. The summed E-state index contributed by atoms with van der Waals surface area (Å²) >= 11 is 0. The molecule has 0 amide bonds. The van der Waals surface area contributed by atoms with Crippen molar-refractivity contribution in [3.05, 3.63) is 0 Å². The van der Waals surface area contributed by atoms with Crippen LogP contribution in [0.1, 0.15) is 0 Å². The minimum atomic E-state index is -0.250. The summed E-state index contributed by atoms with van der Waals surface area (Å²) in [5.74, 6) is 0. The molecule has 0 aromatic carbocycles. The molecule has 0 aliphatic carbocycles. The van der Waals surface area contributed by atoms with Gasteiger partial charge in [-0.3, -0.25) is 19.2 Å². The normalized spacial score (nSPS) is 3.69. The Bertz CT molecular complexity index is 70.1. The fourth-order valence-corrected chi connectivity index (χ4v) is 0. The van der Waals surface area contributed by atoms with E-state index in [9.17, 15) is 0 Å². The molecule has 0 bridgehead atoms.